The molecule has 2 unspecified atom stereocenters. The predicted molar refractivity (Wildman–Crippen MR) is 68.6 cm³/mol. The van der Waals surface area contributed by atoms with Gasteiger partial charge in [-0.15, -0.1) is 0 Å². The molecule has 0 radical (unpaired) electrons. The maximum atomic E-state index is 12.8. The van der Waals surface area contributed by atoms with Gasteiger partial charge in [0.25, 0.3) is 0 Å². The van der Waals surface area contributed by atoms with Gasteiger partial charge in [0.15, 0.2) is 0 Å². The largest absolute Gasteiger partial charge is 0.416 e. The van der Waals surface area contributed by atoms with Crippen LogP contribution in [0.25, 0.3) is 0 Å². The van der Waals surface area contributed by atoms with Crippen LogP contribution in [0.15, 0.2) is 24.3 Å². The van der Waals surface area contributed by atoms with E-state index in [1.54, 1.807) is 6.07 Å². The standard InChI is InChI=1S/C14H19F3N2/c1-9(2)19-7-6-12(18)13(19)10-4-3-5-11(8-10)14(15,16)17/h3-5,8-9,12-13H,6-7,18H2,1-2H3. The van der Waals surface area contributed by atoms with Crippen LogP contribution in [0.1, 0.15) is 37.4 Å². The molecule has 1 fully saturated rings. The first-order valence-electron chi connectivity index (χ1n) is 6.49. The average Bonchev–Trinajstić information content (AvgIpc) is 2.70. The van der Waals surface area contributed by atoms with E-state index in [0.29, 0.717) is 5.56 Å². The molecule has 2 atom stereocenters. The van der Waals surface area contributed by atoms with E-state index in [2.05, 4.69) is 4.90 Å². The van der Waals surface area contributed by atoms with Crippen molar-refractivity contribution in [1.29, 1.82) is 0 Å². The fraction of sp³-hybridized carbons (Fsp3) is 0.571. The third-order valence-electron chi connectivity index (χ3n) is 3.70. The number of benzene rings is 1. The Labute approximate surface area is 111 Å². The lowest BCUT2D eigenvalue weighted by molar-refractivity contribution is -0.137. The van der Waals surface area contributed by atoms with E-state index in [1.165, 1.54) is 12.1 Å². The lowest BCUT2D eigenvalue weighted by atomic mass is 9.98. The van der Waals surface area contributed by atoms with Crippen molar-refractivity contribution in [3.05, 3.63) is 35.4 Å². The Morgan fingerprint density at radius 1 is 1.32 bits per heavy atom. The van der Waals surface area contributed by atoms with Gasteiger partial charge in [-0.25, -0.2) is 0 Å². The lowest BCUT2D eigenvalue weighted by Crippen LogP contribution is -2.36. The van der Waals surface area contributed by atoms with Crippen LogP contribution >= 0.6 is 0 Å². The maximum absolute atomic E-state index is 12.8. The molecule has 2 nitrogen and oxygen atoms in total. The van der Waals surface area contributed by atoms with Crippen molar-refractivity contribution in [2.24, 2.45) is 5.73 Å². The molecule has 0 saturated carbocycles. The van der Waals surface area contributed by atoms with Crippen molar-refractivity contribution in [2.45, 2.75) is 44.6 Å². The summed E-state index contributed by atoms with van der Waals surface area (Å²) in [6.45, 7) is 4.91. The van der Waals surface area contributed by atoms with Gasteiger partial charge in [-0.05, 0) is 38.0 Å². The summed E-state index contributed by atoms with van der Waals surface area (Å²) < 4.78 is 38.3. The zero-order valence-electron chi connectivity index (χ0n) is 11.1. The zero-order chi connectivity index (χ0) is 14.2. The van der Waals surface area contributed by atoms with Gasteiger partial charge >= 0.3 is 6.18 Å². The Hall–Kier alpha value is -1.07. The smallest absolute Gasteiger partial charge is 0.326 e. The van der Waals surface area contributed by atoms with E-state index in [1.807, 2.05) is 13.8 Å². The summed E-state index contributed by atoms with van der Waals surface area (Å²) in [4.78, 5) is 2.17. The minimum Gasteiger partial charge on any atom is -0.326 e. The first kappa shape index (κ1) is 14.3. The Balaban J connectivity index is 2.35. The molecule has 1 heterocycles. The summed E-state index contributed by atoms with van der Waals surface area (Å²) in [6, 6.07) is 5.57. The SMILES string of the molecule is CC(C)N1CCC(N)C1c1cccc(C(F)(F)F)c1. The molecule has 1 aromatic rings. The van der Waals surface area contributed by atoms with E-state index in [0.717, 1.165) is 19.0 Å². The molecule has 0 bridgehead atoms. The number of nitrogens with two attached hydrogens (primary N) is 1. The topological polar surface area (TPSA) is 29.3 Å². The molecule has 1 saturated heterocycles. The van der Waals surface area contributed by atoms with Gasteiger partial charge in [-0.1, -0.05) is 12.1 Å². The molecule has 106 valence electrons. The van der Waals surface area contributed by atoms with Crippen molar-refractivity contribution in [2.75, 3.05) is 6.54 Å². The highest BCUT2D eigenvalue weighted by molar-refractivity contribution is 5.30. The van der Waals surface area contributed by atoms with Crippen LogP contribution in [0.5, 0.6) is 0 Å². The highest BCUT2D eigenvalue weighted by Crippen LogP contribution is 2.36. The van der Waals surface area contributed by atoms with Crippen molar-refractivity contribution >= 4 is 0 Å². The lowest BCUT2D eigenvalue weighted by Gasteiger charge is -2.30. The molecule has 0 amide bonds. The molecule has 5 heteroatoms. The van der Waals surface area contributed by atoms with Gasteiger partial charge < -0.3 is 5.73 Å². The van der Waals surface area contributed by atoms with E-state index in [9.17, 15) is 13.2 Å². The van der Waals surface area contributed by atoms with E-state index in [4.69, 9.17) is 5.73 Å². The van der Waals surface area contributed by atoms with Crippen LogP contribution in [0.4, 0.5) is 13.2 Å². The summed E-state index contributed by atoms with van der Waals surface area (Å²) in [6.07, 6.45) is -3.49. The number of alkyl halides is 3. The molecule has 1 aliphatic heterocycles. The molecule has 0 aliphatic carbocycles. The van der Waals surface area contributed by atoms with Crippen molar-refractivity contribution in [3.8, 4) is 0 Å². The monoisotopic (exact) mass is 272 g/mol. The second kappa shape index (κ2) is 5.13. The summed E-state index contributed by atoms with van der Waals surface area (Å²) in [7, 11) is 0. The van der Waals surface area contributed by atoms with Gasteiger partial charge in [-0.3, -0.25) is 4.90 Å². The number of hydrogen-bond acceptors (Lipinski definition) is 2. The molecule has 0 aromatic heterocycles. The fourth-order valence-electron chi connectivity index (χ4n) is 2.76. The minimum absolute atomic E-state index is 0.106. The van der Waals surface area contributed by atoms with Gasteiger partial charge in [0.05, 0.1) is 11.6 Å². The van der Waals surface area contributed by atoms with E-state index < -0.39 is 11.7 Å². The minimum atomic E-state index is -4.30. The average molecular weight is 272 g/mol. The Morgan fingerprint density at radius 2 is 2.00 bits per heavy atom. The molecule has 0 spiro atoms. The summed E-state index contributed by atoms with van der Waals surface area (Å²) in [5.41, 5.74) is 6.13. The van der Waals surface area contributed by atoms with Crippen molar-refractivity contribution in [1.82, 2.24) is 4.90 Å². The van der Waals surface area contributed by atoms with Crippen LogP contribution in [-0.4, -0.2) is 23.5 Å². The number of nitrogens with zero attached hydrogens (tertiary/aromatic N) is 1. The molecular weight excluding hydrogens is 253 g/mol. The van der Waals surface area contributed by atoms with Gasteiger partial charge in [-0.2, -0.15) is 13.2 Å². The number of halogens is 3. The quantitative estimate of drug-likeness (QED) is 0.896. The summed E-state index contributed by atoms with van der Waals surface area (Å²) in [5, 5.41) is 0. The van der Waals surface area contributed by atoms with E-state index in [-0.39, 0.29) is 18.1 Å². The summed E-state index contributed by atoms with van der Waals surface area (Å²) in [5.74, 6) is 0. The zero-order valence-corrected chi connectivity index (χ0v) is 11.1. The van der Waals surface area contributed by atoms with Gasteiger partial charge in [0.1, 0.15) is 0 Å². The van der Waals surface area contributed by atoms with Crippen LogP contribution in [0, 0.1) is 0 Å². The van der Waals surface area contributed by atoms with Crippen LogP contribution in [-0.2, 0) is 6.18 Å². The Kier molecular flexibility index (Phi) is 3.87. The van der Waals surface area contributed by atoms with Crippen LogP contribution in [0.3, 0.4) is 0 Å². The van der Waals surface area contributed by atoms with Crippen molar-refractivity contribution in [3.63, 3.8) is 0 Å². The third-order valence-corrected chi connectivity index (χ3v) is 3.70. The number of hydrogen-bond donors (Lipinski definition) is 1. The van der Waals surface area contributed by atoms with Crippen molar-refractivity contribution < 1.29 is 13.2 Å². The third kappa shape index (κ3) is 2.92. The normalized spacial score (nSPS) is 25.2. The maximum Gasteiger partial charge on any atom is 0.416 e. The summed E-state index contributed by atoms with van der Waals surface area (Å²) >= 11 is 0. The molecule has 1 aromatic carbocycles. The second-order valence-corrected chi connectivity index (χ2v) is 5.35. The molecule has 19 heavy (non-hydrogen) atoms. The van der Waals surface area contributed by atoms with Gasteiger partial charge in [0.2, 0.25) is 0 Å². The molecule has 2 N–H and O–H groups in total. The Morgan fingerprint density at radius 3 is 2.58 bits per heavy atom. The highest BCUT2D eigenvalue weighted by atomic mass is 19.4. The van der Waals surface area contributed by atoms with E-state index >= 15 is 0 Å². The second-order valence-electron chi connectivity index (χ2n) is 5.35. The van der Waals surface area contributed by atoms with Crippen LogP contribution in [0.2, 0.25) is 0 Å². The Bertz CT molecular complexity index is 443. The first-order valence-corrected chi connectivity index (χ1v) is 6.49. The number of likely N-dealkylation sites (tertiary alicyclic amines) is 1. The first-order chi connectivity index (χ1) is 8.80. The fourth-order valence-corrected chi connectivity index (χ4v) is 2.76. The highest BCUT2D eigenvalue weighted by Gasteiger charge is 2.36. The predicted octanol–water partition coefficient (Wildman–Crippen LogP) is 3.19. The number of rotatable bonds is 2. The molecule has 2 rings (SSSR count). The van der Waals surface area contributed by atoms with Crippen LogP contribution < -0.4 is 5.73 Å². The molecular formula is C14H19F3N2. The van der Waals surface area contributed by atoms with Gasteiger partial charge in [0, 0.05) is 18.6 Å². The molecule has 1 aliphatic rings.